The predicted octanol–water partition coefficient (Wildman–Crippen LogP) is 18.3. The highest BCUT2D eigenvalue weighted by molar-refractivity contribution is 6.14. The summed E-state index contributed by atoms with van der Waals surface area (Å²) in [4.78, 5) is 2.42. The molecule has 0 aliphatic heterocycles. The molecule has 13 aromatic rings. The molecule has 0 atom stereocenters. The van der Waals surface area contributed by atoms with E-state index in [9.17, 15) is 0 Å². The molecule has 0 radical (unpaired) electrons. The molecule has 0 fully saturated rings. The van der Waals surface area contributed by atoms with Crippen molar-refractivity contribution in [3.8, 4) is 44.5 Å². The van der Waals surface area contributed by atoms with E-state index in [1.165, 1.54) is 65.3 Å². The van der Waals surface area contributed by atoms with Crippen LogP contribution >= 0.6 is 0 Å². The first-order valence-corrected chi connectivity index (χ1v) is 22.7. The number of hydrogen-bond donors (Lipinski definition) is 0. The summed E-state index contributed by atoms with van der Waals surface area (Å²) in [6.07, 6.45) is 0. The summed E-state index contributed by atoms with van der Waals surface area (Å²) in [6.45, 7) is 0. The molecule has 2 nitrogen and oxygen atoms in total. The lowest BCUT2D eigenvalue weighted by molar-refractivity contribution is 0.669. The lowest BCUT2D eigenvalue weighted by Crippen LogP contribution is -2.11. The number of hydrogen-bond acceptors (Lipinski definition) is 2. The molecule has 0 aliphatic carbocycles. The van der Waals surface area contributed by atoms with Gasteiger partial charge in [-0.1, -0.05) is 200 Å². The van der Waals surface area contributed by atoms with Crippen LogP contribution in [0.4, 0.5) is 17.1 Å². The van der Waals surface area contributed by atoms with Crippen LogP contribution in [-0.2, 0) is 0 Å². The Bertz CT molecular complexity index is 3990. The summed E-state index contributed by atoms with van der Waals surface area (Å²) in [5, 5.41) is 12.4. The summed E-state index contributed by atoms with van der Waals surface area (Å²) in [5.41, 5.74) is 14.4. The van der Waals surface area contributed by atoms with Crippen LogP contribution in [0.3, 0.4) is 0 Å². The second-order valence-corrected chi connectivity index (χ2v) is 17.2. The Labute approximate surface area is 382 Å². The van der Waals surface area contributed by atoms with E-state index in [2.05, 4.69) is 241 Å². The topological polar surface area (TPSA) is 16.4 Å². The van der Waals surface area contributed by atoms with Gasteiger partial charge in [0.05, 0.1) is 5.69 Å². The molecule has 0 bridgehead atoms. The van der Waals surface area contributed by atoms with Crippen molar-refractivity contribution in [3.63, 3.8) is 0 Å². The van der Waals surface area contributed by atoms with Crippen LogP contribution in [0, 0.1) is 0 Å². The number of furan rings is 1. The van der Waals surface area contributed by atoms with Gasteiger partial charge in [0.25, 0.3) is 0 Å². The summed E-state index contributed by atoms with van der Waals surface area (Å²) >= 11 is 0. The number of nitrogens with zero attached hydrogens (tertiary/aromatic N) is 1. The van der Waals surface area contributed by atoms with E-state index in [-0.39, 0.29) is 0 Å². The maximum absolute atomic E-state index is 6.30. The van der Waals surface area contributed by atoms with Gasteiger partial charge in [-0.3, -0.25) is 0 Å². The van der Waals surface area contributed by atoms with Gasteiger partial charge < -0.3 is 9.32 Å². The van der Waals surface area contributed by atoms with E-state index in [1.807, 2.05) is 12.1 Å². The van der Waals surface area contributed by atoms with Crippen molar-refractivity contribution < 1.29 is 4.42 Å². The van der Waals surface area contributed by atoms with E-state index in [0.29, 0.717) is 0 Å². The average molecular weight is 840 g/mol. The van der Waals surface area contributed by atoms with Gasteiger partial charge in [0, 0.05) is 27.7 Å². The minimum atomic E-state index is 0.895. The van der Waals surface area contributed by atoms with Crippen LogP contribution in [0.15, 0.2) is 253 Å². The molecular formula is C64H41NO. The third-order valence-corrected chi connectivity index (χ3v) is 13.5. The van der Waals surface area contributed by atoms with Gasteiger partial charge in [0.1, 0.15) is 11.2 Å². The standard InChI is InChI=1S/C64H41NO/c1-3-16-52-43(12-1)30-31-49-40-47(35-38-55(49)52)42-26-28-45(29-27-42)56-18-5-7-23-61(56)65(50-36-32-46(33-37-50)57-21-11-25-63-64(57)60-19-6-8-24-62(60)66-63)51-15-9-14-48(41-51)54-20-10-22-58-53-17-4-2-13-44(53)34-39-59(54)58/h1-41H. The largest absolute Gasteiger partial charge is 0.456 e. The van der Waals surface area contributed by atoms with Gasteiger partial charge in [-0.25, -0.2) is 0 Å². The fourth-order valence-electron chi connectivity index (χ4n) is 10.3. The summed E-state index contributed by atoms with van der Waals surface area (Å²) in [6, 6.07) is 90.4. The highest BCUT2D eigenvalue weighted by Crippen LogP contribution is 2.45. The Kier molecular flexibility index (Phi) is 8.89. The normalized spacial score (nSPS) is 11.6. The summed E-state index contributed by atoms with van der Waals surface area (Å²) < 4.78 is 6.30. The molecule has 0 spiro atoms. The Morgan fingerprint density at radius 3 is 1.65 bits per heavy atom. The lowest BCUT2D eigenvalue weighted by atomic mass is 9.94. The number of rotatable bonds is 7. The van der Waals surface area contributed by atoms with Gasteiger partial charge in [-0.15, -0.1) is 0 Å². The monoisotopic (exact) mass is 839 g/mol. The zero-order chi connectivity index (χ0) is 43.6. The smallest absolute Gasteiger partial charge is 0.136 e. The summed E-state index contributed by atoms with van der Waals surface area (Å²) in [5.74, 6) is 0. The van der Waals surface area contributed by atoms with Gasteiger partial charge in [0.15, 0.2) is 0 Å². The molecular weight excluding hydrogens is 799 g/mol. The third kappa shape index (κ3) is 6.34. The third-order valence-electron chi connectivity index (χ3n) is 13.5. The fourth-order valence-corrected chi connectivity index (χ4v) is 10.3. The molecule has 12 aromatic carbocycles. The zero-order valence-corrected chi connectivity index (χ0v) is 36.0. The number of anilines is 3. The fraction of sp³-hybridized carbons (Fsp3) is 0. The maximum atomic E-state index is 6.30. The van der Waals surface area contributed by atoms with Crippen LogP contribution in [0.1, 0.15) is 0 Å². The van der Waals surface area contributed by atoms with Gasteiger partial charge in [0.2, 0.25) is 0 Å². The summed E-state index contributed by atoms with van der Waals surface area (Å²) in [7, 11) is 0. The van der Waals surface area contributed by atoms with Crippen LogP contribution in [0.25, 0.3) is 110 Å². The van der Waals surface area contributed by atoms with Crippen molar-refractivity contribution in [2.45, 2.75) is 0 Å². The first kappa shape index (κ1) is 37.8. The van der Waals surface area contributed by atoms with Crippen molar-refractivity contribution >= 4 is 82.1 Å². The SMILES string of the molecule is c1cc(-c2cccc3c2ccc2ccccc23)cc(N(c2ccc(-c3cccc4oc5ccccc5c34)cc2)c2ccccc2-c2ccc(-c3ccc4c(ccc5ccccc54)c3)cc2)c1. The molecule has 0 amide bonds. The van der Waals surface area contributed by atoms with Crippen LogP contribution in [-0.4, -0.2) is 0 Å². The first-order valence-electron chi connectivity index (χ1n) is 22.7. The van der Waals surface area contributed by atoms with Crippen LogP contribution in [0.2, 0.25) is 0 Å². The lowest BCUT2D eigenvalue weighted by Gasteiger charge is -2.28. The van der Waals surface area contributed by atoms with Crippen molar-refractivity contribution in [1.82, 2.24) is 0 Å². The van der Waals surface area contributed by atoms with Crippen molar-refractivity contribution in [2.75, 3.05) is 4.90 Å². The molecule has 1 aromatic heterocycles. The molecule has 0 unspecified atom stereocenters. The van der Waals surface area contributed by atoms with E-state index < -0.39 is 0 Å². The Hall–Kier alpha value is -8.72. The van der Waals surface area contributed by atoms with E-state index in [1.54, 1.807) is 0 Å². The van der Waals surface area contributed by atoms with E-state index >= 15 is 0 Å². The Morgan fingerprint density at radius 2 is 0.803 bits per heavy atom. The number of fused-ring (bicyclic) bond motifs is 9. The van der Waals surface area contributed by atoms with Crippen LogP contribution < -0.4 is 4.90 Å². The first-order chi connectivity index (χ1) is 32.7. The quantitative estimate of drug-likeness (QED) is 0.149. The van der Waals surface area contributed by atoms with Gasteiger partial charge >= 0.3 is 0 Å². The zero-order valence-electron chi connectivity index (χ0n) is 36.0. The van der Waals surface area contributed by atoms with E-state index in [0.717, 1.165) is 61.3 Å². The van der Waals surface area contributed by atoms with Gasteiger partial charge in [-0.05, 0) is 131 Å². The van der Waals surface area contributed by atoms with Crippen molar-refractivity contribution in [3.05, 3.63) is 249 Å². The molecule has 0 saturated heterocycles. The predicted molar refractivity (Wildman–Crippen MR) is 280 cm³/mol. The van der Waals surface area contributed by atoms with Crippen molar-refractivity contribution in [2.24, 2.45) is 0 Å². The van der Waals surface area contributed by atoms with Gasteiger partial charge in [-0.2, -0.15) is 0 Å². The molecule has 0 N–H and O–H groups in total. The molecule has 1 heterocycles. The number of benzene rings is 12. The highest BCUT2D eigenvalue weighted by atomic mass is 16.3. The molecule has 0 saturated carbocycles. The Morgan fingerprint density at radius 1 is 0.258 bits per heavy atom. The highest BCUT2D eigenvalue weighted by Gasteiger charge is 2.20. The minimum Gasteiger partial charge on any atom is -0.456 e. The van der Waals surface area contributed by atoms with Crippen LogP contribution in [0.5, 0.6) is 0 Å². The Balaban J connectivity index is 0.935. The average Bonchev–Trinajstić information content (AvgIpc) is 3.78. The number of para-hydroxylation sites is 2. The minimum absolute atomic E-state index is 0.895. The molecule has 2 heteroatoms. The second-order valence-electron chi connectivity index (χ2n) is 17.2. The van der Waals surface area contributed by atoms with E-state index in [4.69, 9.17) is 4.42 Å². The molecule has 0 aliphatic rings. The maximum Gasteiger partial charge on any atom is 0.136 e. The molecule has 66 heavy (non-hydrogen) atoms. The second kappa shape index (κ2) is 15.5. The molecule has 13 rings (SSSR count). The van der Waals surface area contributed by atoms with Crippen molar-refractivity contribution in [1.29, 1.82) is 0 Å². The molecule has 308 valence electrons.